The molecule has 8 heteroatoms. The number of carbonyl (C=O) groups excluding carboxylic acids is 1. The van der Waals surface area contributed by atoms with Crippen molar-refractivity contribution in [3.8, 4) is 0 Å². The van der Waals surface area contributed by atoms with Gasteiger partial charge in [-0.05, 0) is 36.2 Å². The second-order valence-electron chi connectivity index (χ2n) is 4.00. The summed E-state index contributed by atoms with van der Waals surface area (Å²) in [7, 11) is 0. The zero-order chi connectivity index (χ0) is 14.9. The predicted octanol–water partition coefficient (Wildman–Crippen LogP) is 3.07. The van der Waals surface area contributed by atoms with Crippen molar-refractivity contribution in [1.29, 1.82) is 0 Å². The van der Waals surface area contributed by atoms with Crippen LogP contribution in [0.5, 0.6) is 0 Å². The third-order valence-corrected chi connectivity index (χ3v) is 2.79. The standard InChI is InChI=1S/C12H9Cl2FN4O/c1-5-2-6(16)3-7(10(5)15)11(20)18-9-4-8(13)17-12(14)19-9/h2-4H,16H2,1H3,(H,17,18,19,20). The highest BCUT2D eigenvalue weighted by atomic mass is 35.5. The first kappa shape index (κ1) is 14.5. The van der Waals surface area contributed by atoms with Crippen LogP contribution in [-0.4, -0.2) is 15.9 Å². The number of hydrogen-bond donors (Lipinski definition) is 2. The summed E-state index contributed by atoms with van der Waals surface area (Å²) in [5.74, 6) is -1.29. The summed E-state index contributed by atoms with van der Waals surface area (Å²) in [6.45, 7) is 1.51. The minimum atomic E-state index is -0.705. The molecule has 1 aromatic heterocycles. The van der Waals surface area contributed by atoms with E-state index < -0.39 is 11.7 Å². The van der Waals surface area contributed by atoms with E-state index in [1.807, 2.05) is 0 Å². The molecule has 1 aromatic carbocycles. The fourth-order valence-corrected chi connectivity index (χ4v) is 2.01. The molecule has 3 N–H and O–H groups in total. The van der Waals surface area contributed by atoms with Gasteiger partial charge in [-0.1, -0.05) is 11.6 Å². The van der Waals surface area contributed by atoms with Gasteiger partial charge in [-0.15, -0.1) is 0 Å². The van der Waals surface area contributed by atoms with Crippen LogP contribution >= 0.6 is 23.2 Å². The topological polar surface area (TPSA) is 80.9 Å². The normalized spacial score (nSPS) is 10.4. The van der Waals surface area contributed by atoms with Crippen molar-refractivity contribution in [3.05, 3.63) is 45.6 Å². The van der Waals surface area contributed by atoms with E-state index in [1.165, 1.54) is 25.1 Å². The van der Waals surface area contributed by atoms with Gasteiger partial charge in [0, 0.05) is 11.8 Å². The molecule has 1 heterocycles. The summed E-state index contributed by atoms with van der Waals surface area (Å²) in [5.41, 5.74) is 5.96. The molecule has 0 bridgehead atoms. The van der Waals surface area contributed by atoms with Gasteiger partial charge in [0.2, 0.25) is 5.28 Å². The van der Waals surface area contributed by atoms with Crippen molar-refractivity contribution in [2.45, 2.75) is 6.92 Å². The van der Waals surface area contributed by atoms with Gasteiger partial charge in [-0.3, -0.25) is 4.79 Å². The number of halogens is 3. The lowest BCUT2D eigenvalue weighted by atomic mass is 10.1. The SMILES string of the molecule is Cc1cc(N)cc(C(=O)Nc2cc(Cl)nc(Cl)n2)c1F. The molecule has 0 spiro atoms. The molecule has 1 amide bonds. The average Bonchev–Trinajstić information content (AvgIpc) is 2.32. The molecule has 2 aromatic rings. The predicted molar refractivity (Wildman–Crippen MR) is 75.6 cm³/mol. The van der Waals surface area contributed by atoms with Crippen LogP contribution in [0.25, 0.3) is 0 Å². The highest BCUT2D eigenvalue weighted by molar-refractivity contribution is 6.32. The Labute approximate surface area is 123 Å². The zero-order valence-electron chi connectivity index (χ0n) is 10.2. The van der Waals surface area contributed by atoms with Crippen molar-refractivity contribution < 1.29 is 9.18 Å². The monoisotopic (exact) mass is 314 g/mol. The van der Waals surface area contributed by atoms with Gasteiger partial charge >= 0.3 is 0 Å². The molecule has 0 fully saturated rings. The smallest absolute Gasteiger partial charge is 0.259 e. The Morgan fingerprint density at radius 3 is 2.65 bits per heavy atom. The number of nitrogens with zero attached hydrogens (tertiary/aromatic N) is 2. The van der Waals surface area contributed by atoms with Crippen LogP contribution in [0.1, 0.15) is 15.9 Å². The van der Waals surface area contributed by atoms with E-state index in [0.717, 1.165) is 0 Å². The number of carbonyl (C=O) groups is 1. The molecule has 0 saturated heterocycles. The van der Waals surface area contributed by atoms with Gasteiger partial charge in [0.25, 0.3) is 5.91 Å². The number of nitrogen functional groups attached to an aromatic ring is 1. The van der Waals surface area contributed by atoms with E-state index in [9.17, 15) is 9.18 Å². The Morgan fingerprint density at radius 2 is 2.00 bits per heavy atom. The summed E-state index contributed by atoms with van der Waals surface area (Å²) in [6.07, 6.45) is 0. The number of benzene rings is 1. The van der Waals surface area contributed by atoms with Crippen LogP contribution < -0.4 is 11.1 Å². The van der Waals surface area contributed by atoms with Crippen molar-refractivity contribution in [1.82, 2.24) is 9.97 Å². The number of hydrogen-bond acceptors (Lipinski definition) is 4. The van der Waals surface area contributed by atoms with Gasteiger partial charge in [0.1, 0.15) is 16.8 Å². The molecule has 104 valence electrons. The lowest BCUT2D eigenvalue weighted by molar-refractivity contribution is 0.102. The first-order chi connectivity index (χ1) is 9.36. The summed E-state index contributed by atoms with van der Waals surface area (Å²) in [5, 5.41) is 2.31. The fourth-order valence-electron chi connectivity index (χ4n) is 1.60. The second-order valence-corrected chi connectivity index (χ2v) is 4.72. The van der Waals surface area contributed by atoms with E-state index in [-0.39, 0.29) is 33.1 Å². The van der Waals surface area contributed by atoms with E-state index in [4.69, 9.17) is 28.9 Å². The molecule has 2 rings (SSSR count). The molecule has 0 atom stereocenters. The van der Waals surface area contributed by atoms with Crippen LogP contribution in [0.4, 0.5) is 15.9 Å². The van der Waals surface area contributed by atoms with Crippen molar-refractivity contribution in [3.63, 3.8) is 0 Å². The van der Waals surface area contributed by atoms with E-state index in [2.05, 4.69) is 15.3 Å². The van der Waals surface area contributed by atoms with Crippen LogP contribution in [0.2, 0.25) is 10.4 Å². The number of amides is 1. The molecular formula is C12H9Cl2FN4O. The number of aromatic nitrogens is 2. The largest absolute Gasteiger partial charge is 0.399 e. The van der Waals surface area contributed by atoms with Crippen LogP contribution in [-0.2, 0) is 0 Å². The zero-order valence-corrected chi connectivity index (χ0v) is 11.8. The van der Waals surface area contributed by atoms with Crippen molar-refractivity contribution in [2.75, 3.05) is 11.1 Å². The maximum Gasteiger partial charge on any atom is 0.259 e. The Bertz CT molecular complexity index is 673. The number of rotatable bonds is 2. The summed E-state index contributed by atoms with van der Waals surface area (Å²) in [6, 6.07) is 3.97. The van der Waals surface area contributed by atoms with Crippen molar-refractivity contribution in [2.24, 2.45) is 0 Å². The van der Waals surface area contributed by atoms with Crippen LogP contribution in [0.15, 0.2) is 18.2 Å². The minimum Gasteiger partial charge on any atom is -0.399 e. The second kappa shape index (κ2) is 5.60. The average molecular weight is 315 g/mol. The third kappa shape index (κ3) is 3.15. The van der Waals surface area contributed by atoms with E-state index in [1.54, 1.807) is 0 Å². The van der Waals surface area contributed by atoms with Crippen LogP contribution in [0, 0.1) is 12.7 Å². The van der Waals surface area contributed by atoms with Gasteiger partial charge in [0.15, 0.2) is 0 Å². The maximum absolute atomic E-state index is 13.9. The van der Waals surface area contributed by atoms with Gasteiger partial charge < -0.3 is 11.1 Å². The molecule has 0 unspecified atom stereocenters. The molecule has 0 aliphatic heterocycles. The lowest BCUT2D eigenvalue weighted by Gasteiger charge is -2.08. The van der Waals surface area contributed by atoms with Crippen molar-refractivity contribution >= 4 is 40.6 Å². The van der Waals surface area contributed by atoms with Gasteiger partial charge in [0.05, 0.1) is 5.56 Å². The quantitative estimate of drug-likeness (QED) is 0.507. The Hall–Kier alpha value is -1.92. The summed E-state index contributed by atoms with van der Waals surface area (Å²) in [4.78, 5) is 19.4. The highest BCUT2D eigenvalue weighted by Crippen LogP contribution is 2.19. The molecule has 20 heavy (non-hydrogen) atoms. The maximum atomic E-state index is 13.9. The van der Waals surface area contributed by atoms with Gasteiger partial charge in [-0.2, -0.15) is 0 Å². The number of nitrogens with one attached hydrogen (secondary N) is 1. The lowest BCUT2D eigenvalue weighted by Crippen LogP contribution is -2.16. The van der Waals surface area contributed by atoms with Crippen LogP contribution in [0.3, 0.4) is 0 Å². The van der Waals surface area contributed by atoms with E-state index in [0.29, 0.717) is 0 Å². The Morgan fingerprint density at radius 1 is 1.30 bits per heavy atom. The molecular weight excluding hydrogens is 306 g/mol. The first-order valence-corrected chi connectivity index (χ1v) is 6.19. The number of aryl methyl sites for hydroxylation is 1. The van der Waals surface area contributed by atoms with Gasteiger partial charge in [-0.25, -0.2) is 14.4 Å². The Kier molecular flexibility index (Phi) is 4.06. The molecule has 0 aliphatic rings. The molecule has 0 radical (unpaired) electrons. The molecule has 0 aliphatic carbocycles. The fraction of sp³-hybridized carbons (Fsp3) is 0.0833. The number of anilines is 2. The number of nitrogens with two attached hydrogens (primary N) is 1. The minimum absolute atomic E-state index is 0.0597. The Balaban J connectivity index is 2.33. The summed E-state index contributed by atoms with van der Waals surface area (Å²) < 4.78 is 13.9. The summed E-state index contributed by atoms with van der Waals surface area (Å²) >= 11 is 11.3. The third-order valence-electron chi connectivity index (χ3n) is 2.43. The molecule has 0 saturated carbocycles. The molecule has 5 nitrogen and oxygen atoms in total. The first-order valence-electron chi connectivity index (χ1n) is 5.44. The van der Waals surface area contributed by atoms with E-state index >= 15 is 0 Å². The highest BCUT2D eigenvalue weighted by Gasteiger charge is 2.16.